The lowest BCUT2D eigenvalue weighted by Crippen LogP contribution is -1.98. The van der Waals surface area contributed by atoms with Crippen LogP contribution in [0.1, 0.15) is 18.4 Å². The predicted molar refractivity (Wildman–Crippen MR) is 81.1 cm³/mol. The normalized spacial score (nSPS) is 10.4. The first-order valence-electron chi connectivity index (χ1n) is 6.23. The number of hydrogen-bond acceptors (Lipinski definition) is 7. The molecule has 112 valence electrons. The Hall–Kier alpha value is -1.93. The van der Waals surface area contributed by atoms with Gasteiger partial charge in [0.2, 0.25) is 5.13 Å². The van der Waals surface area contributed by atoms with E-state index < -0.39 is 4.92 Å². The number of rotatable bonds is 7. The number of nitrogens with zero attached hydrogens (tertiary/aromatic N) is 3. The highest BCUT2D eigenvalue weighted by atomic mass is 35.5. The van der Waals surface area contributed by atoms with E-state index in [9.17, 15) is 10.1 Å². The number of aromatic nitrogens is 2. The van der Waals surface area contributed by atoms with E-state index in [2.05, 4.69) is 22.4 Å². The molecule has 0 amide bonds. The second-order valence-corrected chi connectivity index (χ2v) is 5.58. The first-order chi connectivity index (χ1) is 10.1. The van der Waals surface area contributed by atoms with Gasteiger partial charge in [0.25, 0.3) is 0 Å². The summed E-state index contributed by atoms with van der Waals surface area (Å²) in [5, 5.41) is 23.6. The van der Waals surface area contributed by atoms with Gasteiger partial charge in [0.15, 0.2) is 10.8 Å². The average Bonchev–Trinajstić information content (AvgIpc) is 2.91. The monoisotopic (exact) mass is 328 g/mol. The van der Waals surface area contributed by atoms with Crippen LogP contribution >= 0.6 is 22.9 Å². The summed E-state index contributed by atoms with van der Waals surface area (Å²) in [5.41, 5.74) is -0.170. The lowest BCUT2D eigenvalue weighted by atomic mass is 10.3. The molecule has 0 saturated carbocycles. The van der Waals surface area contributed by atoms with Crippen LogP contribution in [-0.4, -0.2) is 21.7 Å². The van der Waals surface area contributed by atoms with Gasteiger partial charge >= 0.3 is 5.69 Å². The summed E-state index contributed by atoms with van der Waals surface area (Å²) in [6, 6.07) is 4.27. The molecule has 1 aromatic heterocycles. The van der Waals surface area contributed by atoms with Crippen molar-refractivity contribution in [1.82, 2.24) is 10.2 Å². The number of hydrogen-bond donors (Lipinski definition) is 1. The number of anilines is 1. The summed E-state index contributed by atoms with van der Waals surface area (Å²) in [5.74, 6) is 0.155. The van der Waals surface area contributed by atoms with Crippen LogP contribution in [0.2, 0.25) is 5.02 Å². The molecule has 1 heterocycles. The van der Waals surface area contributed by atoms with Gasteiger partial charge in [-0.15, -0.1) is 10.2 Å². The fourth-order valence-corrected chi connectivity index (χ4v) is 2.35. The first kappa shape index (κ1) is 15.5. The molecular weight excluding hydrogens is 316 g/mol. The summed E-state index contributed by atoms with van der Waals surface area (Å²) in [6.45, 7) is 2.99. The van der Waals surface area contributed by atoms with Crippen molar-refractivity contribution in [3.05, 3.63) is 38.3 Å². The van der Waals surface area contributed by atoms with E-state index in [0.717, 1.165) is 13.0 Å². The van der Waals surface area contributed by atoms with E-state index in [4.69, 9.17) is 16.3 Å². The second-order valence-electron chi connectivity index (χ2n) is 4.09. The van der Waals surface area contributed by atoms with Gasteiger partial charge in [-0.05, 0) is 18.6 Å². The molecule has 2 rings (SSSR count). The summed E-state index contributed by atoms with van der Waals surface area (Å²) >= 11 is 7.10. The van der Waals surface area contributed by atoms with E-state index in [1.807, 2.05) is 0 Å². The van der Waals surface area contributed by atoms with Crippen molar-refractivity contribution in [3.8, 4) is 5.75 Å². The number of halogens is 1. The van der Waals surface area contributed by atoms with Crippen LogP contribution in [0.25, 0.3) is 0 Å². The molecule has 1 aromatic carbocycles. The number of nitro benzene ring substituents is 1. The van der Waals surface area contributed by atoms with Crippen molar-refractivity contribution < 1.29 is 9.66 Å². The second kappa shape index (κ2) is 7.19. The zero-order chi connectivity index (χ0) is 15.2. The fourth-order valence-electron chi connectivity index (χ4n) is 1.51. The smallest absolute Gasteiger partial charge is 0.312 e. The van der Waals surface area contributed by atoms with Gasteiger partial charge in [-0.2, -0.15) is 0 Å². The van der Waals surface area contributed by atoms with E-state index in [-0.39, 0.29) is 23.1 Å². The molecule has 1 N–H and O–H groups in total. The summed E-state index contributed by atoms with van der Waals surface area (Å²) < 4.78 is 5.44. The molecule has 21 heavy (non-hydrogen) atoms. The maximum atomic E-state index is 10.9. The van der Waals surface area contributed by atoms with Crippen LogP contribution in [0, 0.1) is 10.1 Å². The van der Waals surface area contributed by atoms with Gasteiger partial charge in [-0.1, -0.05) is 29.9 Å². The molecule has 0 radical (unpaired) electrons. The maximum absolute atomic E-state index is 10.9. The molecule has 9 heteroatoms. The van der Waals surface area contributed by atoms with E-state index >= 15 is 0 Å². The highest BCUT2D eigenvalue weighted by Crippen LogP contribution is 2.30. The number of nitro groups is 1. The quantitative estimate of drug-likeness (QED) is 0.618. The van der Waals surface area contributed by atoms with Crippen LogP contribution < -0.4 is 10.1 Å². The fraction of sp³-hybridized carbons (Fsp3) is 0.333. The van der Waals surface area contributed by atoms with Crippen molar-refractivity contribution in [2.75, 3.05) is 11.9 Å². The summed E-state index contributed by atoms with van der Waals surface area (Å²) in [6.07, 6.45) is 0.988. The Morgan fingerprint density at radius 1 is 1.48 bits per heavy atom. The van der Waals surface area contributed by atoms with Crippen molar-refractivity contribution in [1.29, 1.82) is 0 Å². The standard InChI is InChI=1S/C12H13ClN4O3S/c1-2-5-14-12-16-15-11(21-12)7-20-10-4-3-8(13)6-9(10)17(18)19/h3-4,6H,2,5,7H2,1H3,(H,14,16). The molecule has 0 aliphatic heterocycles. The van der Waals surface area contributed by atoms with Gasteiger partial charge in [0.05, 0.1) is 4.92 Å². The summed E-state index contributed by atoms with van der Waals surface area (Å²) in [4.78, 5) is 10.4. The Morgan fingerprint density at radius 3 is 3.00 bits per heavy atom. The third-order valence-electron chi connectivity index (χ3n) is 2.46. The molecular formula is C12H13ClN4O3S. The van der Waals surface area contributed by atoms with Crippen molar-refractivity contribution in [2.24, 2.45) is 0 Å². The molecule has 7 nitrogen and oxygen atoms in total. The highest BCUT2D eigenvalue weighted by molar-refractivity contribution is 7.15. The van der Waals surface area contributed by atoms with Crippen molar-refractivity contribution in [3.63, 3.8) is 0 Å². The van der Waals surface area contributed by atoms with Crippen LogP contribution in [0.4, 0.5) is 10.8 Å². The van der Waals surface area contributed by atoms with Crippen molar-refractivity contribution in [2.45, 2.75) is 20.0 Å². The third-order valence-corrected chi connectivity index (χ3v) is 3.55. The molecule has 0 saturated heterocycles. The Bertz CT molecular complexity index is 635. The molecule has 0 spiro atoms. The van der Waals surface area contributed by atoms with Crippen LogP contribution in [0.5, 0.6) is 5.75 Å². The van der Waals surface area contributed by atoms with E-state index in [0.29, 0.717) is 10.1 Å². The maximum Gasteiger partial charge on any atom is 0.312 e. The van der Waals surface area contributed by atoms with Gasteiger partial charge < -0.3 is 10.1 Å². The first-order valence-corrected chi connectivity index (χ1v) is 7.42. The minimum atomic E-state index is -0.532. The topological polar surface area (TPSA) is 90.2 Å². The number of ether oxygens (including phenoxy) is 1. The Kier molecular flexibility index (Phi) is 5.29. The van der Waals surface area contributed by atoms with Gasteiger partial charge in [-0.3, -0.25) is 10.1 Å². The molecule has 0 atom stereocenters. The number of nitrogens with one attached hydrogen (secondary N) is 1. The zero-order valence-corrected chi connectivity index (χ0v) is 12.8. The van der Waals surface area contributed by atoms with E-state index in [1.165, 1.54) is 29.5 Å². The van der Waals surface area contributed by atoms with Crippen molar-refractivity contribution >= 4 is 33.8 Å². The molecule has 2 aromatic rings. The van der Waals surface area contributed by atoms with Gasteiger partial charge in [0, 0.05) is 17.6 Å². The Balaban J connectivity index is 2.03. The minimum Gasteiger partial charge on any atom is -0.479 e. The Morgan fingerprint density at radius 2 is 2.29 bits per heavy atom. The van der Waals surface area contributed by atoms with Crippen LogP contribution in [-0.2, 0) is 6.61 Å². The van der Waals surface area contributed by atoms with Crippen LogP contribution in [0.3, 0.4) is 0 Å². The molecule has 0 bridgehead atoms. The minimum absolute atomic E-state index is 0.119. The highest BCUT2D eigenvalue weighted by Gasteiger charge is 2.16. The molecule has 0 fully saturated rings. The van der Waals surface area contributed by atoms with E-state index in [1.54, 1.807) is 0 Å². The zero-order valence-electron chi connectivity index (χ0n) is 11.2. The van der Waals surface area contributed by atoms with Gasteiger partial charge in [-0.25, -0.2) is 0 Å². The Labute approximate surface area is 130 Å². The van der Waals surface area contributed by atoms with Gasteiger partial charge in [0.1, 0.15) is 6.61 Å². The SMILES string of the molecule is CCCNc1nnc(COc2ccc(Cl)cc2[N+](=O)[O-])s1. The predicted octanol–water partition coefficient (Wildman–Crippen LogP) is 3.50. The molecule has 0 aliphatic carbocycles. The van der Waals surface area contributed by atoms with Crippen LogP contribution in [0.15, 0.2) is 18.2 Å². The lowest BCUT2D eigenvalue weighted by molar-refractivity contribution is -0.385. The third kappa shape index (κ3) is 4.27. The molecule has 0 aliphatic rings. The summed E-state index contributed by atoms with van der Waals surface area (Å²) in [7, 11) is 0. The molecule has 0 unspecified atom stereocenters. The number of benzene rings is 1. The largest absolute Gasteiger partial charge is 0.479 e. The lowest BCUT2D eigenvalue weighted by Gasteiger charge is -2.04. The average molecular weight is 329 g/mol.